The molecule has 1 aromatic rings. The number of halogens is 1. The molecule has 2 rings (SSSR count). The molecule has 1 atom stereocenters. The highest BCUT2D eigenvalue weighted by Gasteiger charge is 2.36. The van der Waals surface area contributed by atoms with Crippen molar-refractivity contribution in [3.05, 3.63) is 23.2 Å². The summed E-state index contributed by atoms with van der Waals surface area (Å²) in [6, 6.07) is 3.44. The highest BCUT2D eigenvalue weighted by Crippen LogP contribution is 2.28. The fourth-order valence-corrected chi connectivity index (χ4v) is 4.07. The standard InChI is InChI=1S/C11H14ClN3O3S/c1-7-11(16)14-4-5-15(7)19(17,18)10-3-2-8(13)6-9(10)12/h2-3,6-7H,4-5,13H2,1H3,(H,14,16). The number of carbonyl (C=O) groups is 1. The summed E-state index contributed by atoms with van der Waals surface area (Å²) in [5, 5.41) is 2.66. The van der Waals surface area contributed by atoms with Crippen LogP contribution in [0.1, 0.15) is 6.92 Å². The Hall–Kier alpha value is -1.31. The van der Waals surface area contributed by atoms with Crippen molar-refractivity contribution in [1.82, 2.24) is 9.62 Å². The largest absolute Gasteiger partial charge is 0.399 e. The molecule has 1 unspecified atom stereocenters. The molecule has 0 aliphatic carbocycles. The third kappa shape index (κ3) is 2.54. The van der Waals surface area contributed by atoms with Crippen LogP contribution in [0.4, 0.5) is 5.69 Å². The summed E-state index contributed by atoms with van der Waals surface area (Å²) in [4.78, 5) is 11.5. The van der Waals surface area contributed by atoms with Crippen LogP contribution in [0.2, 0.25) is 5.02 Å². The molecule has 1 saturated heterocycles. The van der Waals surface area contributed by atoms with Gasteiger partial charge in [-0.1, -0.05) is 11.6 Å². The summed E-state index contributed by atoms with van der Waals surface area (Å²) in [5.41, 5.74) is 5.92. The Morgan fingerprint density at radius 1 is 1.47 bits per heavy atom. The van der Waals surface area contributed by atoms with E-state index in [0.29, 0.717) is 5.69 Å². The van der Waals surface area contributed by atoms with Gasteiger partial charge in [-0.15, -0.1) is 0 Å². The minimum Gasteiger partial charge on any atom is -0.399 e. The number of piperazine rings is 1. The van der Waals surface area contributed by atoms with Crippen molar-refractivity contribution < 1.29 is 13.2 Å². The van der Waals surface area contributed by atoms with Crippen LogP contribution in [0.3, 0.4) is 0 Å². The highest BCUT2D eigenvalue weighted by molar-refractivity contribution is 7.89. The van der Waals surface area contributed by atoms with Crippen LogP contribution in [-0.2, 0) is 14.8 Å². The van der Waals surface area contributed by atoms with Crippen LogP contribution in [-0.4, -0.2) is 37.8 Å². The molecular formula is C11H14ClN3O3S. The van der Waals surface area contributed by atoms with Gasteiger partial charge in [0.15, 0.2) is 0 Å². The maximum Gasteiger partial charge on any atom is 0.245 e. The van der Waals surface area contributed by atoms with E-state index in [1.54, 1.807) is 0 Å². The molecule has 6 nitrogen and oxygen atoms in total. The predicted molar refractivity (Wildman–Crippen MR) is 72.2 cm³/mol. The molecule has 0 bridgehead atoms. The zero-order chi connectivity index (χ0) is 14.2. The minimum absolute atomic E-state index is 0.0371. The zero-order valence-electron chi connectivity index (χ0n) is 10.3. The normalized spacial score (nSPS) is 21.2. The van der Waals surface area contributed by atoms with Crippen molar-refractivity contribution in [1.29, 1.82) is 0 Å². The molecular weight excluding hydrogens is 290 g/mol. The molecule has 1 aliphatic heterocycles. The van der Waals surface area contributed by atoms with Gasteiger partial charge in [0, 0.05) is 18.8 Å². The van der Waals surface area contributed by atoms with Crippen LogP contribution in [0.15, 0.2) is 23.1 Å². The van der Waals surface area contributed by atoms with E-state index in [2.05, 4.69) is 5.32 Å². The fourth-order valence-electron chi connectivity index (χ4n) is 1.94. The number of amides is 1. The van der Waals surface area contributed by atoms with Gasteiger partial charge in [0.2, 0.25) is 15.9 Å². The Morgan fingerprint density at radius 3 is 2.79 bits per heavy atom. The minimum atomic E-state index is -3.81. The maximum absolute atomic E-state index is 12.5. The number of carbonyl (C=O) groups excluding carboxylic acids is 1. The monoisotopic (exact) mass is 303 g/mol. The zero-order valence-corrected chi connectivity index (χ0v) is 11.8. The van der Waals surface area contributed by atoms with Gasteiger partial charge in [0.1, 0.15) is 10.9 Å². The average Bonchev–Trinajstić information content (AvgIpc) is 2.31. The van der Waals surface area contributed by atoms with Crippen molar-refractivity contribution in [2.75, 3.05) is 18.8 Å². The maximum atomic E-state index is 12.5. The van der Waals surface area contributed by atoms with Gasteiger partial charge < -0.3 is 11.1 Å². The topological polar surface area (TPSA) is 92.5 Å². The van der Waals surface area contributed by atoms with Crippen molar-refractivity contribution in [2.45, 2.75) is 17.9 Å². The number of hydrogen-bond donors (Lipinski definition) is 2. The lowest BCUT2D eigenvalue weighted by molar-refractivity contribution is -0.126. The molecule has 1 amide bonds. The van der Waals surface area contributed by atoms with Crippen molar-refractivity contribution in [3.63, 3.8) is 0 Å². The van der Waals surface area contributed by atoms with Crippen LogP contribution in [0, 0.1) is 0 Å². The summed E-state index contributed by atoms with van der Waals surface area (Å²) >= 11 is 5.93. The summed E-state index contributed by atoms with van der Waals surface area (Å²) in [6.45, 7) is 2.04. The third-order valence-corrected chi connectivity index (χ3v) is 5.44. The molecule has 104 valence electrons. The van der Waals surface area contributed by atoms with E-state index in [1.165, 1.54) is 25.1 Å². The van der Waals surface area contributed by atoms with Crippen LogP contribution in [0.25, 0.3) is 0 Å². The number of sulfonamides is 1. The van der Waals surface area contributed by atoms with Crippen molar-refractivity contribution in [2.24, 2.45) is 0 Å². The first-order chi connectivity index (χ1) is 8.84. The Kier molecular flexibility index (Phi) is 3.71. The number of hydrogen-bond acceptors (Lipinski definition) is 4. The predicted octanol–water partition coefficient (Wildman–Crippen LogP) is 0.431. The quantitative estimate of drug-likeness (QED) is 0.775. The Morgan fingerprint density at radius 2 is 2.16 bits per heavy atom. The van der Waals surface area contributed by atoms with E-state index in [-0.39, 0.29) is 28.9 Å². The van der Waals surface area contributed by atoms with E-state index in [1.807, 2.05) is 0 Å². The summed E-state index contributed by atoms with van der Waals surface area (Å²) < 4.78 is 26.1. The van der Waals surface area contributed by atoms with Gasteiger partial charge in [-0.2, -0.15) is 4.31 Å². The molecule has 1 aliphatic rings. The average molecular weight is 304 g/mol. The summed E-state index contributed by atoms with van der Waals surface area (Å²) in [5.74, 6) is -0.318. The van der Waals surface area contributed by atoms with Gasteiger partial charge in [-0.05, 0) is 25.1 Å². The number of nitrogens with two attached hydrogens (primary N) is 1. The van der Waals surface area contributed by atoms with Crippen molar-refractivity contribution >= 4 is 33.2 Å². The second-order valence-electron chi connectivity index (χ2n) is 4.27. The fraction of sp³-hybridized carbons (Fsp3) is 0.364. The molecule has 0 aromatic heterocycles. The summed E-state index contributed by atoms with van der Waals surface area (Å²) in [6.07, 6.45) is 0. The van der Waals surface area contributed by atoms with Crippen LogP contribution >= 0.6 is 11.6 Å². The number of rotatable bonds is 2. The highest BCUT2D eigenvalue weighted by atomic mass is 35.5. The first-order valence-corrected chi connectivity index (χ1v) is 7.50. The number of nitrogens with zero attached hydrogens (tertiary/aromatic N) is 1. The van der Waals surface area contributed by atoms with Crippen LogP contribution in [0.5, 0.6) is 0 Å². The Bertz CT molecular complexity index is 618. The van der Waals surface area contributed by atoms with Gasteiger partial charge in [-0.25, -0.2) is 8.42 Å². The van der Waals surface area contributed by atoms with E-state index in [4.69, 9.17) is 17.3 Å². The smallest absolute Gasteiger partial charge is 0.245 e. The van der Waals surface area contributed by atoms with E-state index >= 15 is 0 Å². The van der Waals surface area contributed by atoms with Gasteiger partial charge >= 0.3 is 0 Å². The molecule has 8 heteroatoms. The number of nitrogens with one attached hydrogen (secondary N) is 1. The van der Waals surface area contributed by atoms with E-state index in [9.17, 15) is 13.2 Å². The third-order valence-electron chi connectivity index (χ3n) is 2.99. The number of benzene rings is 1. The summed E-state index contributed by atoms with van der Waals surface area (Å²) in [7, 11) is -3.81. The first kappa shape index (κ1) is 14.1. The Balaban J connectivity index is 2.44. The van der Waals surface area contributed by atoms with Crippen LogP contribution < -0.4 is 11.1 Å². The lowest BCUT2D eigenvalue weighted by Gasteiger charge is -2.31. The molecule has 0 radical (unpaired) electrons. The van der Waals surface area contributed by atoms with Gasteiger partial charge in [0.05, 0.1) is 5.02 Å². The molecule has 1 aromatic carbocycles. The lowest BCUT2D eigenvalue weighted by atomic mass is 10.2. The molecule has 0 saturated carbocycles. The second-order valence-corrected chi connectivity index (χ2v) is 6.54. The van der Waals surface area contributed by atoms with Gasteiger partial charge in [0.25, 0.3) is 0 Å². The number of nitrogen functional groups attached to an aromatic ring is 1. The molecule has 1 heterocycles. The lowest BCUT2D eigenvalue weighted by Crippen LogP contribution is -2.55. The van der Waals surface area contributed by atoms with Crippen molar-refractivity contribution in [3.8, 4) is 0 Å². The molecule has 19 heavy (non-hydrogen) atoms. The molecule has 1 fully saturated rings. The van der Waals surface area contributed by atoms with E-state index < -0.39 is 16.1 Å². The Labute approximate surface area is 116 Å². The molecule has 3 N–H and O–H groups in total. The first-order valence-electron chi connectivity index (χ1n) is 5.68. The van der Waals surface area contributed by atoms with E-state index in [0.717, 1.165) is 4.31 Å². The number of anilines is 1. The molecule has 0 spiro atoms. The second kappa shape index (κ2) is 4.99. The van der Waals surface area contributed by atoms with Gasteiger partial charge in [-0.3, -0.25) is 4.79 Å². The SMILES string of the molecule is CC1C(=O)NCCN1S(=O)(=O)c1ccc(N)cc1Cl.